The molecule has 0 aliphatic heterocycles. The van der Waals surface area contributed by atoms with Gasteiger partial charge < -0.3 is 5.32 Å². The summed E-state index contributed by atoms with van der Waals surface area (Å²) in [6.45, 7) is 2.03. The third-order valence-corrected chi connectivity index (χ3v) is 2.36. The van der Waals surface area contributed by atoms with Crippen LogP contribution in [0.5, 0.6) is 0 Å². The van der Waals surface area contributed by atoms with Crippen LogP contribution in [0, 0.1) is 5.92 Å². The second kappa shape index (κ2) is 3.28. The van der Waals surface area contributed by atoms with E-state index in [-0.39, 0.29) is 0 Å². The van der Waals surface area contributed by atoms with Crippen LogP contribution >= 0.6 is 11.7 Å². The molecule has 0 unspecified atom stereocenters. The predicted molar refractivity (Wildman–Crippen MR) is 44.3 cm³/mol. The maximum atomic E-state index is 4.10. The molecule has 1 fully saturated rings. The first kappa shape index (κ1) is 7.18. The third kappa shape index (κ3) is 2.24. The average Bonchev–Trinajstić information content (AvgIpc) is 2.66. The Balaban J connectivity index is 1.66. The van der Waals surface area contributed by atoms with Gasteiger partial charge in [-0.25, -0.2) is 0 Å². The molecule has 3 nitrogen and oxygen atoms in total. The molecule has 0 atom stereocenters. The normalized spacial score (nSPS) is 17.1. The van der Waals surface area contributed by atoms with E-state index in [2.05, 4.69) is 14.1 Å². The molecule has 1 saturated carbocycles. The Labute approximate surface area is 70.2 Å². The van der Waals surface area contributed by atoms with Crippen LogP contribution in [0.3, 0.4) is 0 Å². The largest absolute Gasteiger partial charge is 0.311 e. The van der Waals surface area contributed by atoms with Gasteiger partial charge in [-0.2, -0.15) is 8.75 Å². The molecular formula is C7H11N3S. The Bertz CT molecular complexity index is 205. The first-order chi connectivity index (χ1) is 5.45. The van der Waals surface area contributed by atoms with E-state index < -0.39 is 0 Å². The van der Waals surface area contributed by atoms with Gasteiger partial charge in [0, 0.05) is 6.54 Å². The molecule has 1 aliphatic carbocycles. The summed E-state index contributed by atoms with van der Waals surface area (Å²) in [6.07, 6.45) is 4.63. The molecular weight excluding hydrogens is 158 g/mol. The maximum absolute atomic E-state index is 4.10. The molecule has 1 aromatic rings. The minimum atomic E-state index is 0.882. The summed E-state index contributed by atoms with van der Waals surface area (Å²) < 4.78 is 8.03. The standard InChI is InChI=1S/C7H11N3S/c1-2-6(1)3-8-4-7-5-9-11-10-7/h5-6,8H,1-4H2. The van der Waals surface area contributed by atoms with E-state index in [1.807, 2.05) is 6.20 Å². The quantitative estimate of drug-likeness (QED) is 0.731. The van der Waals surface area contributed by atoms with Crippen molar-refractivity contribution in [3.05, 3.63) is 11.9 Å². The molecule has 1 N–H and O–H groups in total. The topological polar surface area (TPSA) is 37.8 Å². The van der Waals surface area contributed by atoms with Gasteiger partial charge in [0.05, 0.1) is 23.6 Å². The highest BCUT2D eigenvalue weighted by atomic mass is 32.1. The monoisotopic (exact) mass is 169 g/mol. The van der Waals surface area contributed by atoms with E-state index in [0.29, 0.717) is 0 Å². The highest BCUT2D eigenvalue weighted by Crippen LogP contribution is 2.27. The lowest BCUT2D eigenvalue weighted by Crippen LogP contribution is -2.16. The van der Waals surface area contributed by atoms with Crippen molar-refractivity contribution in [1.82, 2.24) is 14.1 Å². The zero-order chi connectivity index (χ0) is 7.52. The smallest absolute Gasteiger partial charge is 0.0880 e. The number of nitrogens with one attached hydrogen (secondary N) is 1. The highest BCUT2D eigenvalue weighted by Gasteiger charge is 2.20. The Kier molecular flexibility index (Phi) is 2.14. The van der Waals surface area contributed by atoms with Crippen molar-refractivity contribution >= 4 is 11.7 Å². The summed E-state index contributed by atoms with van der Waals surface area (Å²) >= 11 is 1.27. The molecule has 1 heterocycles. The highest BCUT2D eigenvalue weighted by molar-refractivity contribution is 6.99. The van der Waals surface area contributed by atoms with E-state index in [1.54, 1.807) is 0 Å². The average molecular weight is 169 g/mol. The van der Waals surface area contributed by atoms with E-state index in [0.717, 1.165) is 24.7 Å². The summed E-state index contributed by atoms with van der Waals surface area (Å²) in [7, 11) is 0. The number of aromatic nitrogens is 2. The van der Waals surface area contributed by atoms with Crippen molar-refractivity contribution in [3.63, 3.8) is 0 Å². The second-order valence-electron chi connectivity index (χ2n) is 2.97. The zero-order valence-corrected chi connectivity index (χ0v) is 7.10. The van der Waals surface area contributed by atoms with Crippen molar-refractivity contribution in [2.24, 2.45) is 5.92 Å². The minimum absolute atomic E-state index is 0.882. The molecule has 0 radical (unpaired) electrons. The first-order valence-corrected chi connectivity index (χ1v) is 4.65. The van der Waals surface area contributed by atoms with Gasteiger partial charge in [0.15, 0.2) is 0 Å². The number of nitrogens with zero attached hydrogens (tertiary/aromatic N) is 2. The fourth-order valence-electron chi connectivity index (χ4n) is 0.988. The van der Waals surface area contributed by atoms with Crippen molar-refractivity contribution < 1.29 is 0 Å². The minimum Gasteiger partial charge on any atom is -0.311 e. The van der Waals surface area contributed by atoms with Gasteiger partial charge in [0.1, 0.15) is 0 Å². The Morgan fingerprint density at radius 1 is 1.64 bits per heavy atom. The van der Waals surface area contributed by atoms with Crippen LogP contribution in [0.1, 0.15) is 18.5 Å². The Morgan fingerprint density at radius 3 is 3.18 bits per heavy atom. The zero-order valence-electron chi connectivity index (χ0n) is 6.29. The van der Waals surface area contributed by atoms with Crippen LogP contribution in [-0.2, 0) is 6.54 Å². The van der Waals surface area contributed by atoms with Crippen LogP contribution in [-0.4, -0.2) is 15.3 Å². The molecule has 0 aromatic carbocycles. The number of hydrogen-bond acceptors (Lipinski definition) is 4. The van der Waals surface area contributed by atoms with Gasteiger partial charge in [-0.15, -0.1) is 0 Å². The van der Waals surface area contributed by atoms with E-state index >= 15 is 0 Å². The van der Waals surface area contributed by atoms with Crippen molar-refractivity contribution in [2.45, 2.75) is 19.4 Å². The maximum Gasteiger partial charge on any atom is 0.0880 e. The molecule has 0 bridgehead atoms. The van der Waals surface area contributed by atoms with Gasteiger partial charge in [0.2, 0.25) is 0 Å². The molecule has 2 rings (SSSR count). The molecule has 11 heavy (non-hydrogen) atoms. The second-order valence-corrected chi connectivity index (χ2v) is 3.53. The van der Waals surface area contributed by atoms with Gasteiger partial charge >= 0.3 is 0 Å². The lowest BCUT2D eigenvalue weighted by atomic mass is 10.4. The van der Waals surface area contributed by atoms with E-state index in [4.69, 9.17) is 0 Å². The number of hydrogen-bond donors (Lipinski definition) is 1. The van der Waals surface area contributed by atoms with Crippen molar-refractivity contribution in [3.8, 4) is 0 Å². The van der Waals surface area contributed by atoms with Crippen molar-refractivity contribution in [2.75, 3.05) is 6.54 Å². The lowest BCUT2D eigenvalue weighted by Gasteiger charge is -1.97. The van der Waals surface area contributed by atoms with Gasteiger partial charge in [-0.1, -0.05) is 0 Å². The molecule has 60 valence electrons. The van der Waals surface area contributed by atoms with Crippen LogP contribution in [0.4, 0.5) is 0 Å². The van der Waals surface area contributed by atoms with E-state index in [9.17, 15) is 0 Å². The summed E-state index contributed by atoms with van der Waals surface area (Å²) in [5.74, 6) is 0.946. The summed E-state index contributed by atoms with van der Waals surface area (Å²) in [6, 6.07) is 0. The Morgan fingerprint density at radius 2 is 2.55 bits per heavy atom. The Hall–Kier alpha value is -0.480. The molecule has 0 saturated heterocycles. The third-order valence-electron chi connectivity index (χ3n) is 1.84. The van der Waals surface area contributed by atoms with Gasteiger partial charge in [0.25, 0.3) is 0 Å². The van der Waals surface area contributed by atoms with Gasteiger partial charge in [-0.3, -0.25) is 0 Å². The SMILES string of the molecule is c1nsnc1CNCC1CC1. The van der Waals surface area contributed by atoms with E-state index in [1.165, 1.54) is 24.6 Å². The molecule has 0 amide bonds. The van der Waals surface area contributed by atoms with Crippen LogP contribution in [0.15, 0.2) is 6.20 Å². The summed E-state index contributed by atoms with van der Waals surface area (Å²) in [5, 5.41) is 3.35. The van der Waals surface area contributed by atoms with Gasteiger partial charge in [-0.05, 0) is 25.3 Å². The predicted octanol–water partition coefficient (Wildman–Crippen LogP) is 1.04. The molecule has 4 heteroatoms. The van der Waals surface area contributed by atoms with Crippen molar-refractivity contribution in [1.29, 1.82) is 0 Å². The summed E-state index contributed by atoms with van der Waals surface area (Å²) in [5.41, 5.74) is 1.07. The fraction of sp³-hybridized carbons (Fsp3) is 0.714. The fourth-order valence-corrected chi connectivity index (χ4v) is 1.42. The molecule has 1 aromatic heterocycles. The van der Waals surface area contributed by atoms with Crippen LogP contribution in [0.2, 0.25) is 0 Å². The van der Waals surface area contributed by atoms with Crippen LogP contribution in [0.25, 0.3) is 0 Å². The number of rotatable bonds is 4. The lowest BCUT2D eigenvalue weighted by molar-refractivity contribution is 0.633. The summed E-state index contributed by atoms with van der Waals surface area (Å²) in [4.78, 5) is 0. The molecule has 1 aliphatic rings. The first-order valence-electron chi connectivity index (χ1n) is 3.92. The van der Waals surface area contributed by atoms with Crippen LogP contribution < -0.4 is 5.32 Å². The molecule has 0 spiro atoms.